The molecule has 3 aromatic rings. The Kier molecular flexibility index (Phi) is 4.61. The Morgan fingerprint density at radius 3 is 2.59 bits per heavy atom. The minimum atomic E-state index is -0.708. The third kappa shape index (κ3) is 3.19. The van der Waals surface area contributed by atoms with Crippen molar-refractivity contribution in [1.29, 1.82) is 0 Å². The molecule has 0 aliphatic heterocycles. The number of carbonyl (C=O) groups excluding carboxylic acids is 1. The lowest BCUT2D eigenvalue weighted by Gasteiger charge is -2.23. The SMILES string of the molecule is Cc1nc2sc3c(c2c2nc(C(=O)N(C[C@@H](C)O)C[C@@H](C)O)nn12)CCC3. The number of hydrogen-bond donors (Lipinski definition) is 2. The number of aryl methyl sites for hydroxylation is 3. The third-order valence-electron chi connectivity index (χ3n) is 4.75. The first-order valence-corrected chi connectivity index (χ1v) is 9.99. The molecule has 1 aliphatic rings. The lowest BCUT2D eigenvalue weighted by atomic mass is 10.2. The molecule has 2 atom stereocenters. The number of nitrogens with zero attached hydrogens (tertiary/aromatic N) is 5. The first-order chi connectivity index (χ1) is 12.8. The van der Waals surface area contributed by atoms with E-state index in [1.54, 1.807) is 29.7 Å². The second-order valence-corrected chi connectivity index (χ2v) is 8.36. The van der Waals surface area contributed by atoms with Gasteiger partial charge in [0, 0.05) is 18.0 Å². The summed E-state index contributed by atoms with van der Waals surface area (Å²) in [6, 6.07) is 0. The highest BCUT2D eigenvalue weighted by Gasteiger charge is 2.27. The van der Waals surface area contributed by atoms with Crippen LogP contribution in [0.3, 0.4) is 0 Å². The van der Waals surface area contributed by atoms with Crippen molar-refractivity contribution in [3.63, 3.8) is 0 Å². The van der Waals surface area contributed by atoms with Crippen molar-refractivity contribution in [2.45, 2.75) is 52.2 Å². The summed E-state index contributed by atoms with van der Waals surface area (Å²) < 4.78 is 1.63. The molecule has 0 saturated carbocycles. The molecule has 0 unspecified atom stereocenters. The molecule has 3 aromatic heterocycles. The Morgan fingerprint density at radius 2 is 1.93 bits per heavy atom. The van der Waals surface area contributed by atoms with Crippen molar-refractivity contribution in [2.75, 3.05) is 13.1 Å². The van der Waals surface area contributed by atoms with E-state index in [0.717, 1.165) is 29.5 Å². The molecule has 3 heterocycles. The summed E-state index contributed by atoms with van der Waals surface area (Å²) in [6.45, 7) is 5.28. The van der Waals surface area contributed by atoms with Gasteiger partial charge in [-0.25, -0.2) is 9.97 Å². The lowest BCUT2D eigenvalue weighted by Crippen LogP contribution is -2.41. The van der Waals surface area contributed by atoms with Gasteiger partial charge in [-0.05, 0) is 45.6 Å². The second kappa shape index (κ2) is 6.81. The number of hydrogen-bond acceptors (Lipinski definition) is 7. The molecule has 0 saturated heterocycles. The summed E-state index contributed by atoms with van der Waals surface area (Å²) in [4.78, 5) is 25.8. The van der Waals surface area contributed by atoms with Crippen molar-refractivity contribution in [3.05, 3.63) is 22.1 Å². The van der Waals surface area contributed by atoms with E-state index in [1.807, 2.05) is 6.92 Å². The van der Waals surface area contributed by atoms with Crippen LogP contribution in [0.4, 0.5) is 0 Å². The first kappa shape index (κ1) is 18.3. The summed E-state index contributed by atoms with van der Waals surface area (Å²) in [7, 11) is 0. The van der Waals surface area contributed by atoms with E-state index in [1.165, 1.54) is 15.3 Å². The van der Waals surface area contributed by atoms with E-state index in [9.17, 15) is 15.0 Å². The van der Waals surface area contributed by atoms with Crippen molar-refractivity contribution in [1.82, 2.24) is 24.5 Å². The first-order valence-electron chi connectivity index (χ1n) is 9.18. The predicted molar refractivity (Wildman–Crippen MR) is 102 cm³/mol. The van der Waals surface area contributed by atoms with E-state index in [4.69, 9.17) is 0 Å². The van der Waals surface area contributed by atoms with E-state index in [2.05, 4.69) is 15.1 Å². The van der Waals surface area contributed by atoms with E-state index < -0.39 is 18.1 Å². The Labute approximate surface area is 160 Å². The average molecular weight is 389 g/mol. The number of rotatable bonds is 5. The molecule has 0 aromatic carbocycles. The van der Waals surface area contributed by atoms with Crippen LogP contribution in [-0.2, 0) is 12.8 Å². The molecule has 0 fully saturated rings. The van der Waals surface area contributed by atoms with Crippen molar-refractivity contribution >= 4 is 33.1 Å². The third-order valence-corrected chi connectivity index (χ3v) is 5.94. The molecule has 9 heteroatoms. The summed E-state index contributed by atoms with van der Waals surface area (Å²) in [5, 5.41) is 24.8. The quantitative estimate of drug-likeness (QED) is 0.682. The summed E-state index contributed by atoms with van der Waals surface area (Å²) >= 11 is 1.70. The van der Waals surface area contributed by atoms with Gasteiger partial charge in [0.2, 0.25) is 5.82 Å². The topological polar surface area (TPSA) is 104 Å². The van der Waals surface area contributed by atoms with E-state index in [0.29, 0.717) is 11.5 Å². The van der Waals surface area contributed by atoms with Crippen LogP contribution in [-0.4, -0.2) is 65.9 Å². The van der Waals surface area contributed by atoms with Crippen LogP contribution in [0, 0.1) is 6.92 Å². The van der Waals surface area contributed by atoms with Gasteiger partial charge in [-0.1, -0.05) is 0 Å². The van der Waals surface area contributed by atoms with E-state index in [-0.39, 0.29) is 18.9 Å². The highest BCUT2D eigenvalue weighted by Crippen LogP contribution is 2.38. The molecular formula is C18H23N5O3S. The average Bonchev–Trinajstić information content (AvgIpc) is 3.25. The van der Waals surface area contributed by atoms with Gasteiger partial charge >= 0.3 is 0 Å². The van der Waals surface area contributed by atoms with Gasteiger partial charge in [0.05, 0.1) is 17.6 Å². The summed E-state index contributed by atoms with van der Waals surface area (Å²) in [5.74, 6) is 0.341. The molecule has 144 valence electrons. The summed E-state index contributed by atoms with van der Waals surface area (Å²) in [6.07, 6.45) is 1.79. The zero-order chi connectivity index (χ0) is 19.3. The van der Waals surface area contributed by atoms with Gasteiger partial charge in [-0.15, -0.1) is 16.4 Å². The molecule has 4 rings (SSSR count). The monoisotopic (exact) mass is 389 g/mol. The molecular weight excluding hydrogens is 366 g/mol. The number of thiophene rings is 1. The zero-order valence-electron chi connectivity index (χ0n) is 15.6. The number of aliphatic hydroxyl groups excluding tert-OH is 2. The minimum absolute atomic E-state index is 0.0617. The van der Waals surface area contributed by atoms with Crippen LogP contribution in [0.15, 0.2) is 0 Å². The molecule has 27 heavy (non-hydrogen) atoms. The molecule has 0 radical (unpaired) electrons. The molecule has 8 nitrogen and oxygen atoms in total. The van der Waals surface area contributed by atoms with Crippen molar-refractivity contribution in [3.8, 4) is 0 Å². The lowest BCUT2D eigenvalue weighted by molar-refractivity contribution is 0.0507. The molecule has 0 spiro atoms. The Bertz CT molecular complexity index is 1010. The minimum Gasteiger partial charge on any atom is -0.392 e. The smallest absolute Gasteiger partial charge is 0.293 e. The molecule has 0 bridgehead atoms. The number of aliphatic hydroxyl groups is 2. The standard InChI is InChI=1S/C18H23N5O3S/c1-9(24)7-22(8-10(2)25)18(26)15-20-16-14-12-5-4-6-13(12)27-17(14)19-11(3)23(16)21-15/h9-10,24-25H,4-8H2,1-3H3/t9-,10-/m1/s1. The maximum absolute atomic E-state index is 13.0. The maximum atomic E-state index is 13.0. The highest BCUT2D eigenvalue weighted by atomic mass is 32.1. The summed E-state index contributed by atoms with van der Waals surface area (Å²) in [5.41, 5.74) is 1.94. The predicted octanol–water partition coefficient (Wildman–Crippen LogP) is 1.34. The zero-order valence-corrected chi connectivity index (χ0v) is 16.5. The van der Waals surface area contributed by atoms with Gasteiger partial charge in [-0.3, -0.25) is 4.79 Å². The van der Waals surface area contributed by atoms with Gasteiger partial charge in [0.15, 0.2) is 5.65 Å². The van der Waals surface area contributed by atoms with Crippen LogP contribution >= 0.6 is 11.3 Å². The Morgan fingerprint density at radius 1 is 1.22 bits per heavy atom. The number of carbonyl (C=O) groups is 1. The fourth-order valence-corrected chi connectivity index (χ4v) is 5.00. The van der Waals surface area contributed by atoms with Gasteiger partial charge < -0.3 is 15.1 Å². The Hall–Kier alpha value is -2.10. The van der Waals surface area contributed by atoms with Crippen molar-refractivity contribution < 1.29 is 15.0 Å². The number of aromatic nitrogens is 4. The normalized spacial score (nSPS) is 16.0. The number of fused-ring (bicyclic) bond motifs is 5. The molecule has 1 amide bonds. The fraction of sp³-hybridized carbons (Fsp3) is 0.556. The van der Waals surface area contributed by atoms with Crippen LogP contribution in [0.1, 0.15) is 47.2 Å². The van der Waals surface area contributed by atoms with Crippen LogP contribution in [0.25, 0.3) is 15.9 Å². The van der Waals surface area contributed by atoms with Crippen LogP contribution in [0.2, 0.25) is 0 Å². The van der Waals surface area contributed by atoms with Crippen LogP contribution in [0.5, 0.6) is 0 Å². The number of amides is 1. The highest BCUT2D eigenvalue weighted by molar-refractivity contribution is 7.19. The van der Waals surface area contributed by atoms with Crippen molar-refractivity contribution in [2.24, 2.45) is 0 Å². The van der Waals surface area contributed by atoms with Gasteiger partial charge in [-0.2, -0.15) is 4.52 Å². The maximum Gasteiger partial charge on any atom is 0.293 e. The fourth-order valence-electron chi connectivity index (χ4n) is 3.70. The van der Waals surface area contributed by atoms with Gasteiger partial charge in [0.1, 0.15) is 10.7 Å². The molecule has 1 aliphatic carbocycles. The molecule has 2 N–H and O–H groups in total. The van der Waals surface area contributed by atoms with Gasteiger partial charge in [0.25, 0.3) is 5.91 Å². The second-order valence-electron chi connectivity index (χ2n) is 7.28. The largest absolute Gasteiger partial charge is 0.392 e. The van der Waals surface area contributed by atoms with E-state index >= 15 is 0 Å². The Balaban J connectivity index is 1.81. The van der Waals surface area contributed by atoms with Crippen LogP contribution < -0.4 is 0 Å².